The molecule has 0 spiro atoms. The van der Waals surface area contributed by atoms with Crippen molar-refractivity contribution in [3.63, 3.8) is 0 Å². The molecule has 24 heavy (non-hydrogen) atoms. The van der Waals surface area contributed by atoms with Gasteiger partial charge in [-0.05, 0) is 37.6 Å². The molecule has 5 nitrogen and oxygen atoms in total. The lowest BCUT2D eigenvalue weighted by atomic mass is 9.94. The number of pyridine rings is 1. The molecular weight excluding hydrogens is 302 g/mol. The van der Waals surface area contributed by atoms with E-state index < -0.39 is 0 Å². The average molecular weight is 321 g/mol. The maximum Gasteiger partial charge on any atom is 0.271 e. The second-order valence-corrected chi connectivity index (χ2v) is 6.31. The molecule has 1 amide bonds. The van der Waals surface area contributed by atoms with Crippen molar-refractivity contribution in [1.29, 1.82) is 0 Å². The summed E-state index contributed by atoms with van der Waals surface area (Å²) in [7, 11) is 0. The van der Waals surface area contributed by atoms with Crippen molar-refractivity contribution in [3.8, 4) is 5.75 Å². The molecular formula is C19H19N3O2. The summed E-state index contributed by atoms with van der Waals surface area (Å²) in [6.45, 7) is 4.60. The number of ether oxygens (including phenoxy) is 1. The van der Waals surface area contributed by atoms with Gasteiger partial charge in [-0.25, -0.2) is 4.98 Å². The SMILES string of the molecule is Cc1ccn2cc(C(=O)N[C@H](C)[C@@H]3COc4ccccc43)nc2c1. The van der Waals surface area contributed by atoms with Gasteiger partial charge in [0.25, 0.3) is 5.91 Å². The molecule has 2 atom stereocenters. The van der Waals surface area contributed by atoms with Gasteiger partial charge >= 0.3 is 0 Å². The number of aromatic nitrogens is 2. The lowest BCUT2D eigenvalue weighted by Crippen LogP contribution is -2.37. The zero-order valence-corrected chi connectivity index (χ0v) is 13.7. The van der Waals surface area contributed by atoms with Gasteiger partial charge in [0.2, 0.25) is 0 Å². The van der Waals surface area contributed by atoms with E-state index in [1.807, 2.05) is 54.8 Å². The van der Waals surface area contributed by atoms with E-state index >= 15 is 0 Å². The predicted octanol–water partition coefficient (Wildman–Crippen LogP) is 2.94. The number of nitrogens with one attached hydrogen (secondary N) is 1. The van der Waals surface area contributed by atoms with E-state index in [9.17, 15) is 4.79 Å². The third kappa shape index (κ3) is 2.52. The first-order valence-corrected chi connectivity index (χ1v) is 8.10. The van der Waals surface area contributed by atoms with E-state index in [0.717, 1.165) is 22.5 Å². The molecule has 2 aromatic heterocycles. The maximum atomic E-state index is 12.6. The molecule has 1 aliphatic rings. The number of aryl methyl sites for hydroxylation is 1. The van der Waals surface area contributed by atoms with Gasteiger partial charge in [0.05, 0.1) is 6.61 Å². The summed E-state index contributed by atoms with van der Waals surface area (Å²) in [6, 6.07) is 11.9. The van der Waals surface area contributed by atoms with E-state index in [2.05, 4.69) is 16.4 Å². The fourth-order valence-electron chi connectivity index (χ4n) is 3.18. The van der Waals surface area contributed by atoms with E-state index in [1.165, 1.54) is 0 Å². The van der Waals surface area contributed by atoms with Gasteiger partial charge < -0.3 is 14.5 Å². The number of hydrogen-bond donors (Lipinski definition) is 1. The minimum absolute atomic E-state index is 0.0345. The molecule has 4 rings (SSSR count). The molecule has 0 aliphatic carbocycles. The summed E-state index contributed by atoms with van der Waals surface area (Å²) < 4.78 is 7.57. The van der Waals surface area contributed by atoms with Gasteiger partial charge in [-0.15, -0.1) is 0 Å². The van der Waals surface area contributed by atoms with Crippen LogP contribution < -0.4 is 10.1 Å². The van der Waals surface area contributed by atoms with Gasteiger partial charge in [-0.1, -0.05) is 18.2 Å². The van der Waals surface area contributed by atoms with Crippen LogP contribution in [-0.4, -0.2) is 27.9 Å². The van der Waals surface area contributed by atoms with Gasteiger partial charge in [0.1, 0.15) is 17.1 Å². The van der Waals surface area contributed by atoms with Crippen LogP contribution in [0.2, 0.25) is 0 Å². The Kier molecular flexibility index (Phi) is 3.49. The van der Waals surface area contributed by atoms with Gasteiger partial charge in [0, 0.05) is 29.9 Å². The fourth-order valence-corrected chi connectivity index (χ4v) is 3.18. The van der Waals surface area contributed by atoms with Crippen LogP contribution in [0, 0.1) is 6.92 Å². The second kappa shape index (κ2) is 5.67. The van der Waals surface area contributed by atoms with Crippen LogP contribution in [0.25, 0.3) is 5.65 Å². The number of carbonyl (C=O) groups excluding carboxylic acids is 1. The van der Waals surface area contributed by atoms with Crippen molar-refractivity contribution in [2.24, 2.45) is 0 Å². The third-order valence-corrected chi connectivity index (χ3v) is 4.55. The molecule has 0 saturated heterocycles. The Hall–Kier alpha value is -2.82. The van der Waals surface area contributed by atoms with Crippen molar-refractivity contribution < 1.29 is 9.53 Å². The molecule has 0 saturated carbocycles. The van der Waals surface area contributed by atoms with E-state index in [1.54, 1.807) is 6.20 Å². The number of carbonyl (C=O) groups is 1. The van der Waals surface area contributed by atoms with Crippen molar-refractivity contribution >= 4 is 11.6 Å². The molecule has 3 aromatic rings. The first-order valence-electron chi connectivity index (χ1n) is 8.10. The Morgan fingerprint density at radius 2 is 2.21 bits per heavy atom. The van der Waals surface area contributed by atoms with Crippen LogP contribution in [0.4, 0.5) is 0 Å². The summed E-state index contributed by atoms with van der Waals surface area (Å²) in [5, 5.41) is 3.06. The molecule has 1 aliphatic heterocycles. The first kappa shape index (κ1) is 14.8. The highest BCUT2D eigenvalue weighted by molar-refractivity contribution is 5.93. The molecule has 0 fully saturated rings. The van der Waals surface area contributed by atoms with Crippen molar-refractivity contribution in [1.82, 2.24) is 14.7 Å². The largest absolute Gasteiger partial charge is 0.493 e. The van der Waals surface area contributed by atoms with Crippen molar-refractivity contribution in [3.05, 3.63) is 65.6 Å². The van der Waals surface area contributed by atoms with Crippen LogP contribution in [0.5, 0.6) is 5.75 Å². The Bertz CT molecular complexity index is 916. The Labute approximate surface area is 140 Å². The predicted molar refractivity (Wildman–Crippen MR) is 91.5 cm³/mol. The number of rotatable bonds is 3. The number of hydrogen-bond acceptors (Lipinski definition) is 3. The van der Waals surface area contributed by atoms with E-state index in [-0.39, 0.29) is 17.9 Å². The first-order chi connectivity index (χ1) is 11.6. The topological polar surface area (TPSA) is 55.6 Å². The van der Waals surface area contributed by atoms with Gasteiger partial charge in [-0.2, -0.15) is 0 Å². The Morgan fingerprint density at radius 1 is 1.38 bits per heavy atom. The van der Waals surface area contributed by atoms with Crippen LogP contribution in [0.3, 0.4) is 0 Å². The van der Waals surface area contributed by atoms with Crippen LogP contribution in [0.1, 0.15) is 34.5 Å². The summed E-state index contributed by atoms with van der Waals surface area (Å²) in [5.74, 6) is 0.907. The maximum absolute atomic E-state index is 12.6. The molecule has 0 radical (unpaired) electrons. The number of para-hydroxylation sites is 1. The number of nitrogens with zero attached hydrogens (tertiary/aromatic N) is 2. The fraction of sp³-hybridized carbons (Fsp3) is 0.263. The molecule has 0 bridgehead atoms. The smallest absolute Gasteiger partial charge is 0.271 e. The minimum Gasteiger partial charge on any atom is -0.493 e. The molecule has 1 N–H and O–H groups in total. The van der Waals surface area contributed by atoms with Crippen LogP contribution >= 0.6 is 0 Å². The normalized spacial score (nSPS) is 17.3. The molecule has 5 heteroatoms. The standard InChI is InChI=1S/C19H19N3O2/c1-12-7-8-22-10-16(21-18(22)9-12)19(23)20-13(2)15-11-24-17-6-4-3-5-14(15)17/h3-10,13,15H,11H2,1-2H3,(H,20,23)/t13-,15+/m1/s1. The average Bonchev–Trinajstić information content (AvgIpc) is 3.18. The summed E-state index contributed by atoms with van der Waals surface area (Å²) in [4.78, 5) is 17.0. The quantitative estimate of drug-likeness (QED) is 0.807. The summed E-state index contributed by atoms with van der Waals surface area (Å²) >= 11 is 0. The number of benzene rings is 1. The van der Waals surface area contributed by atoms with Crippen molar-refractivity contribution in [2.45, 2.75) is 25.8 Å². The van der Waals surface area contributed by atoms with E-state index in [4.69, 9.17) is 4.74 Å². The Morgan fingerprint density at radius 3 is 3.08 bits per heavy atom. The lowest BCUT2D eigenvalue weighted by molar-refractivity contribution is 0.0928. The lowest BCUT2D eigenvalue weighted by Gasteiger charge is -2.19. The summed E-state index contributed by atoms with van der Waals surface area (Å²) in [6.07, 6.45) is 3.68. The highest BCUT2D eigenvalue weighted by Crippen LogP contribution is 2.35. The Balaban J connectivity index is 1.53. The van der Waals surface area contributed by atoms with Crippen LogP contribution in [0.15, 0.2) is 48.8 Å². The second-order valence-electron chi connectivity index (χ2n) is 6.31. The monoisotopic (exact) mass is 321 g/mol. The highest BCUT2D eigenvalue weighted by Gasteiger charge is 2.30. The summed E-state index contributed by atoms with van der Waals surface area (Å²) in [5.41, 5.74) is 3.48. The van der Waals surface area contributed by atoms with Gasteiger partial charge in [0.15, 0.2) is 0 Å². The van der Waals surface area contributed by atoms with E-state index in [0.29, 0.717) is 12.3 Å². The molecule has 0 unspecified atom stereocenters. The molecule has 3 heterocycles. The third-order valence-electron chi connectivity index (χ3n) is 4.55. The highest BCUT2D eigenvalue weighted by atomic mass is 16.5. The minimum atomic E-state index is -0.159. The zero-order valence-electron chi connectivity index (χ0n) is 13.7. The number of amides is 1. The number of fused-ring (bicyclic) bond motifs is 2. The van der Waals surface area contributed by atoms with Crippen molar-refractivity contribution in [2.75, 3.05) is 6.61 Å². The zero-order chi connectivity index (χ0) is 16.7. The molecule has 1 aromatic carbocycles. The molecule has 122 valence electrons. The van der Waals surface area contributed by atoms with Gasteiger partial charge in [-0.3, -0.25) is 4.79 Å². The van der Waals surface area contributed by atoms with Crippen LogP contribution in [-0.2, 0) is 0 Å². The number of imidazole rings is 1.